The maximum atomic E-state index is 11.6. The summed E-state index contributed by atoms with van der Waals surface area (Å²) in [5.74, 6) is 0.556. The van der Waals surface area contributed by atoms with E-state index in [1.54, 1.807) is 18.6 Å². The largest absolute Gasteiger partial charge is 0.372 e. The third-order valence-electron chi connectivity index (χ3n) is 3.17. The molecule has 22 heavy (non-hydrogen) atoms. The van der Waals surface area contributed by atoms with Crippen molar-refractivity contribution < 1.29 is 9.53 Å². The first kappa shape index (κ1) is 14.2. The maximum absolute atomic E-state index is 11.6. The third-order valence-corrected chi connectivity index (χ3v) is 3.17. The normalized spacial score (nSPS) is 10.8. The van der Waals surface area contributed by atoms with E-state index in [2.05, 4.69) is 15.3 Å². The summed E-state index contributed by atoms with van der Waals surface area (Å²) in [4.78, 5) is 20.3. The number of benzene rings is 1. The minimum absolute atomic E-state index is 0.0460. The Kier molecular flexibility index (Phi) is 4.11. The second-order valence-electron chi connectivity index (χ2n) is 4.69. The van der Waals surface area contributed by atoms with E-state index in [1.165, 1.54) is 0 Å². The number of imidazole rings is 1. The van der Waals surface area contributed by atoms with Crippen LogP contribution in [0.5, 0.6) is 0 Å². The fourth-order valence-corrected chi connectivity index (χ4v) is 2.14. The molecule has 6 heteroatoms. The van der Waals surface area contributed by atoms with Crippen molar-refractivity contribution in [3.05, 3.63) is 48.9 Å². The van der Waals surface area contributed by atoms with Crippen LogP contribution in [0.15, 0.2) is 48.9 Å². The van der Waals surface area contributed by atoms with Gasteiger partial charge in [0.25, 0.3) is 0 Å². The minimum Gasteiger partial charge on any atom is -0.372 e. The number of para-hydroxylation sites is 2. The van der Waals surface area contributed by atoms with E-state index < -0.39 is 0 Å². The van der Waals surface area contributed by atoms with Crippen LogP contribution in [0.3, 0.4) is 0 Å². The van der Waals surface area contributed by atoms with Gasteiger partial charge in [0.2, 0.25) is 5.91 Å². The van der Waals surface area contributed by atoms with Crippen molar-refractivity contribution in [1.29, 1.82) is 0 Å². The van der Waals surface area contributed by atoms with E-state index in [1.807, 2.05) is 41.8 Å². The summed E-state index contributed by atoms with van der Waals surface area (Å²) in [6, 6.07) is 11.5. The lowest BCUT2D eigenvalue weighted by molar-refractivity contribution is -0.120. The molecule has 0 fully saturated rings. The van der Waals surface area contributed by atoms with Crippen LogP contribution in [0.2, 0.25) is 0 Å². The van der Waals surface area contributed by atoms with Crippen LogP contribution in [0.1, 0.15) is 6.92 Å². The molecule has 1 aromatic carbocycles. The van der Waals surface area contributed by atoms with E-state index in [0.29, 0.717) is 12.3 Å². The van der Waals surface area contributed by atoms with Gasteiger partial charge in [-0.05, 0) is 31.2 Å². The molecule has 3 rings (SSSR count). The number of anilines is 1. The van der Waals surface area contributed by atoms with Crippen molar-refractivity contribution in [3.63, 3.8) is 0 Å². The average molecular weight is 296 g/mol. The summed E-state index contributed by atoms with van der Waals surface area (Å²) < 4.78 is 6.96. The van der Waals surface area contributed by atoms with Crippen LogP contribution in [0.25, 0.3) is 16.9 Å². The highest BCUT2D eigenvalue weighted by atomic mass is 16.5. The molecular formula is C16H16N4O2. The highest BCUT2D eigenvalue weighted by molar-refractivity contribution is 5.91. The molecule has 0 unspecified atom stereocenters. The number of nitrogens with zero attached hydrogens (tertiary/aromatic N) is 3. The summed E-state index contributed by atoms with van der Waals surface area (Å²) in [5.41, 5.74) is 2.54. The molecular weight excluding hydrogens is 280 g/mol. The zero-order chi connectivity index (χ0) is 15.4. The van der Waals surface area contributed by atoms with Gasteiger partial charge < -0.3 is 10.1 Å². The van der Waals surface area contributed by atoms with E-state index >= 15 is 0 Å². The molecule has 6 nitrogen and oxygen atoms in total. The number of hydrogen-bond donors (Lipinski definition) is 1. The van der Waals surface area contributed by atoms with Crippen molar-refractivity contribution in [2.75, 3.05) is 18.5 Å². The minimum atomic E-state index is -0.190. The predicted molar refractivity (Wildman–Crippen MR) is 84.0 cm³/mol. The first-order valence-electron chi connectivity index (χ1n) is 7.04. The van der Waals surface area contributed by atoms with Crippen LogP contribution in [0.4, 0.5) is 5.69 Å². The summed E-state index contributed by atoms with van der Waals surface area (Å²) >= 11 is 0. The van der Waals surface area contributed by atoms with E-state index in [4.69, 9.17) is 4.74 Å². The molecule has 0 spiro atoms. The molecule has 2 heterocycles. The second-order valence-corrected chi connectivity index (χ2v) is 4.69. The number of rotatable bonds is 5. The molecule has 0 radical (unpaired) electrons. The zero-order valence-electron chi connectivity index (χ0n) is 12.2. The van der Waals surface area contributed by atoms with Gasteiger partial charge in [-0.3, -0.25) is 9.36 Å². The molecule has 1 N–H and O–H groups in total. The fraction of sp³-hybridized carbons (Fsp3) is 0.188. The van der Waals surface area contributed by atoms with Gasteiger partial charge in [0.15, 0.2) is 0 Å². The lowest BCUT2D eigenvalue weighted by atomic mass is 10.3. The van der Waals surface area contributed by atoms with Gasteiger partial charge >= 0.3 is 0 Å². The second kappa shape index (κ2) is 6.36. The average Bonchev–Trinajstić information content (AvgIpc) is 2.98. The maximum Gasteiger partial charge on any atom is 0.250 e. The SMILES string of the molecule is CCOCC(=O)Nc1ccc(-n2cnc3ccccc32)nc1. The van der Waals surface area contributed by atoms with Gasteiger partial charge in [0, 0.05) is 6.61 Å². The van der Waals surface area contributed by atoms with Crippen LogP contribution in [0, 0.1) is 0 Å². The lowest BCUT2D eigenvalue weighted by Crippen LogP contribution is -2.18. The molecule has 112 valence electrons. The highest BCUT2D eigenvalue weighted by Crippen LogP contribution is 2.17. The Morgan fingerprint density at radius 2 is 2.09 bits per heavy atom. The van der Waals surface area contributed by atoms with Crippen LogP contribution in [-0.4, -0.2) is 33.7 Å². The third kappa shape index (κ3) is 2.96. The Morgan fingerprint density at radius 1 is 1.23 bits per heavy atom. The molecule has 3 aromatic rings. The standard InChI is InChI=1S/C16H16N4O2/c1-2-22-10-16(21)19-12-7-8-15(17-9-12)20-11-18-13-5-3-4-6-14(13)20/h3-9,11H,2,10H2,1H3,(H,19,21). The van der Waals surface area contributed by atoms with Gasteiger partial charge in [-0.1, -0.05) is 12.1 Å². The van der Waals surface area contributed by atoms with Crippen LogP contribution >= 0.6 is 0 Å². The molecule has 0 aliphatic carbocycles. The van der Waals surface area contributed by atoms with Crippen LogP contribution in [-0.2, 0) is 9.53 Å². The Labute approximate surface area is 127 Å². The quantitative estimate of drug-likeness (QED) is 0.785. The number of carbonyl (C=O) groups is 1. The number of pyridine rings is 1. The number of amides is 1. The Hall–Kier alpha value is -2.73. The molecule has 0 aliphatic rings. The Bertz CT molecular complexity index is 780. The van der Waals surface area contributed by atoms with E-state index in [-0.39, 0.29) is 12.5 Å². The molecule has 0 aliphatic heterocycles. The smallest absolute Gasteiger partial charge is 0.250 e. The van der Waals surface area contributed by atoms with Crippen molar-refractivity contribution in [1.82, 2.24) is 14.5 Å². The number of aromatic nitrogens is 3. The van der Waals surface area contributed by atoms with Gasteiger partial charge in [-0.25, -0.2) is 9.97 Å². The van der Waals surface area contributed by atoms with Gasteiger partial charge in [-0.15, -0.1) is 0 Å². The Balaban J connectivity index is 1.78. The van der Waals surface area contributed by atoms with Gasteiger partial charge in [0.05, 0.1) is 22.9 Å². The van der Waals surface area contributed by atoms with Gasteiger partial charge in [0.1, 0.15) is 18.8 Å². The molecule has 0 saturated heterocycles. The molecule has 0 saturated carbocycles. The number of carbonyl (C=O) groups excluding carboxylic acids is 1. The van der Waals surface area contributed by atoms with Crippen molar-refractivity contribution >= 4 is 22.6 Å². The molecule has 1 amide bonds. The van der Waals surface area contributed by atoms with Crippen molar-refractivity contribution in [3.8, 4) is 5.82 Å². The van der Waals surface area contributed by atoms with Crippen molar-refractivity contribution in [2.45, 2.75) is 6.92 Å². The summed E-state index contributed by atoms with van der Waals surface area (Å²) in [6.07, 6.45) is 3.36. The first-order valence-corrected chi connectivity index (χ1v) is 7.04. The van der Waals surface area contributed by atoms with Gasteiger partial charge in [-0.2, -0.15) is 0 Å². The summed E-state index contributed by atoms with van der Waals surface area (Å²) in [6.45, 7) is 2.40. The lowest BCUT2D eigenvalue weighted by Gasteiger charge is -2.07. The molecule has 0 bridgehead atoms. The zero-order valence-corrected chi connectivity index (χ0v) is 12.2. The Morgan fingerprint density at radius 3 is 2.86 bits per heavy atom. The number of nitrogens with one attached hydrogen (secondary N) is 1. The van der Waals surface area contributed by atoms with E-state index in [9.17, 15) is 4.79 Å². The number of fused-ring (bicyclic) bond motifs is 1. The highest BCUT2D eigenvalue weighted by Gasteiger charge is 2.06. The first-order chi connectivity index (χ1) is 10.8. The fourth-order valence-electron chi connectivity index (χ4n) is 2.14. The molecule has 2 aromatic heterocycles. The predicted octanol–water partition coefficient (Wildman–Crippen LogP) is 2.40. The van der Waals surface area contributed by atoms with Crippen LogP contribution < -0.4 is 5.32 Å². The molecule has 0 atom stereocenters. The van der Waals surface area contributed by atoms with E-state index in [0.717, 1.165) is 16.9 Å². The summed E-state index contributed by atoms with van der Waals surface area (Å²) in [7, 11) is 0. The number of hydrogen-bond acceptors (Lipinski definition) is 4. The topological polar surface area (TPSA) is 69.0 Å². The monoisotopic (exact) mass is 296 g/mol. The van der Waals surface area contributed by atoms with Crippen molar-refractivity contribution in [2.24, 2.45) is 0 Å². The summed E-state index contributed by atoms with van der Waals surface area (Å²) in [5, 5.41) is 2.74. The number of ether oxygens (including phenoxy) is 1.